The van der Waals surface area contributed by atoms with Gasteiger partial charge in [0.1, 0.15) is 35.9 Å². The van der Waals surface area contributed by atoms with Crippen LogP contribution in [0.5, 0.6) is 0 Å². The third kappa shape index (κ3) is 14.9. The van der Waals surface area contributed by atoms with E-state index in [1.54, 1.807) is 37.4 Å². The SMILES string of the molecule is CCN(CCn1cc(C(C)(C)O[Si](OC[C@H]2O[C@@H](n3cnc4c(NCC(C)C)ncnc43)[C@H](OC)[C@@H]2OP(OC)N(C(C)C)C(C)C)(OC(C)C)OC(C)C)nn1)c1ccc(N=Nc2ccc([N+](=O)[O-])cc2)cc1. The fourth-order valence-corrected chi connectivity index (χ4v) is 12.5. The van der Waals surface area contributed by atoms with Crippen molar-refractivity contribution in [3.8, 4) is 0 Å². The molecule has 1 aliphatic rings. The summed E-state index contributed by atoms with van der Waals surface area (Å²) in [5.74, 6) is 1.01. The minimum Gasteiger partial charge on any atom is -0.374 e. The number of non-ortho nitro benzene ring substituents is 1. The standard InChI is InChI=1S/C49H76N13O10PSi/c1-16-58(39-21-17-37(18-22-39)54-55-38-19-23-40(24-20-38)62(63)64)25-26-59-28-42(56-57-59)49(12,13)72-74(70-35(8)9,71-36(10)11)67-29-41-44(69-73(66-15)61(33(4)5)34(6)7)45(65-14)48(68-41)60-31-53-43-46(50-27-32(2)3)51-30-52-47(43)60/h17-24,28,30-36,41,44-45,48H,16,25-27,29H2,1-15H3,(H,50,51,52)/t41-,44-,45-,48-,73?/m1/s1. The number of nitrogens with one attached hydrogen (secondary N) is 1. The number of hydrogen-bond acceptors (Lipinski definition) is 20. The lowest BCUT2D eigenvalue weighted by Gasteiger charge is -2.39. The Bertz CT molecular complexity index is 2550. The zero-order chi connectivity index (χ0) is 53.9. The van der Waals surface area contributed by atoms with Gasteiger partial charge in [0.05, 0.1) is 42.0 Å². The van der Waals surface area contributed by atoms with Crippen molar-refractivity contribution >= 4 is 57.3 Å². The lowest BCUT2D eigenvalue weighted by atomic mass is 10.1. The Balaban J connectivity index is 1.22. The summed E-state index contributed by atoms with van der Waals surface area (Å²) in [6, 6.07) is 13.8. The Kier molecular flexibility index (Phi) is 20.6. The molecule has 0 bridgehead atoms. The van der Waals surface area contributed by atoms with Gasteiger partial charge in [0.25, 0.3) is 14.2 Å². The number of rotatable bonds is 29. The Morgan fingerprint density at radius 3 is 2.09 bits per heavy atom. The summed E-state index contributed by atoms with van der Waals surface area (Å²) >= 11 is 0. The van der Waals surface area contributed by atoms with E-state index in [-0.39, 0.29) is 36.6 Å². The fraction of sp³-hybridized carbons (Fsp3) is 0.612. The molecule has 1 saturated heterocycles. The second-order valence-corrected chi connectivity index (χ2v) is 23.3. The summed E-state index contributed by atoms with van der Waals surface area (Å²) < 4.78 is 59.5. The van der Waals surface area contributed by atoms with Crippen LogP contribution in [-0.4, -0.2) is 136 Å². The smallest absolute Gasteiger partial charge is 0.374 e. The van der Waals surface area contributed by atoms with Gasteiger partial charge in [-0.25, -0.2) is 19.6 Å². The molecule has 4 heterocycles. The number of benzene rings is 2. The van der Waals surface area contributed by atoms with E-state index in [1.807, 2.05) is 76.6 Å². The molecule has 5 aromatic rings. The van der Waals surface area contributed by atoms with Gasteiger partial charge in [-0.2, -0.15) is 10.2 Å². The molecule has 6 rings (SSSR count). The van der Waals surface area contributed by atoms with Crippen LogP contribution in [-0.2, 0) is 48.4 Å². The van der Waals surface area contributed by atoms with Crippen molar-refractivity contribution in [2.45, 2.75) is 151 Å². The number of ether oxygens (including phenoxy) is 2. The molecule has 5 atom stereocenters. The fourth-order valence-electron chi connectivity index (χ4n) is 8.34. The summed E-state index contributed by atoms with van der Waals surface area (Å²) in [6.45, 7) is 28.7. The van der Waals surface area contributed by atoms with Crippen LogP contribution < -0.4 is 10.2 Å². The van der Waals surface area contributed by atoms with E-state index in [0.717, 1.165) is 12.2 Å². The van der Waals surface area contributed by atoms with E-state index >= 15 is 0 Å². The number of aromatic nitrogens is 7. The molecule has 0 radical (unpaired) electrons. The first-order chi connectivity index (χ1) is 35.2. The van der Waals surface area contributed by atoms with Crippen LogP contribution >= 0.6 is 8.53 Å². The molecule has 1 unspecified atom stereocenters. The van der Waals surface area contributed by atoms with Gasteiger partial charge in [-0.1, -0.05) is 19.1 Å². The predicted octanol–water partition coefficient (Wildman–Crippen LogP) is 9.88. The van der Waals surface area contributed by atoms with Crippen molar-refractivity contribution < 1.29 is 41.1 Å². The lowest BCUT2D eigenvalue weighted by Crippen LogP contribution is -2.57. The first-order valence-corrected chi connectivity index (χ1v) is 27.9. The molecule has 0 aliphatic carbocycles. The number of nitro benzene ring substituents is 1. The Morgan fingerprint density at radius 2 is 1.54 bits per heavy atom. The average molecular weight is 1070 g/mol. The zero-order valence-corrected chi connectivity index (χ0v) is 47.4. The summed E-state index contributed by atoms with van der Waals surface area (Å²) in [7, 11) is -2.47. The monoisotopic (exact) mass is 1070 g/mol. The van der Waals surface area contributed by atoms with Crippen LogP contribution in [0.3, 0.4) is 0 Å². The quantitative estimate of drug-likeness (QED) is 0.0154. The molecule has 0 spiro atoms. The van der Waals surface area contributed by atoms with E-state index in [0.29, 0.717) is 59.6 Å². The molecule has 3 aromatic heterocycles. The molecule has 1 fully saturated rings. The van der Waals surface area contributed by atoms with Crippen LogP contribution in [0.25, 0.3) is 11.2 Å². The number of nitro groups is 1. The second-order valence-electron chi connectivity index (χ2n) is 19.8. The van der Waals surface area contributed by atoms with Crippen molar-refractivity contribution in [2.24, 2.45) is 16.1 Å². The molecular formula is C49H76N13O10PSi. The van der Waals surface area contributed by atoms with E-state index in [4.69, 9.17) is 41.2 Å². The molecule has 0 amide bonds. The van der Waals surface area contributed by atoms with E-state index in [9.17, 15) is 10.1 Å². The van der Waals surface area contributed by atoms with Gasteiger partial charge in [0.15, 0.2) is 23.2 Å². The van der Waals surface area contributed by atoms with Gasteiger partial charge < -0.3 is 46.4 Å². The Hall–Kier alpha value is -4.98. The summed E-state index contributed by atoms with van der Waals surface area (Å²) in [6.07, 6.45) is 1.40. The number of fused-ring (bicyclic) bond motifs is 1. The highest BCUT2D eigenvalue weighted by Crippen LogP contribution is 2.50. The highest BCUT2D eigenvalue weighted by Gasteiger charge is 2.56. The number of azo groups is 1. The third-order valence-electron chi connectivity index (χ3n) is 11.7. The largest absolute Gasteiger partial charge is 0.681 e. The van der Waals surface area contributed by atoms with Crippen molar-refractivity contribution in [1.82, 2.24) is 39.2 Å². The summed E-state index contributed by atoms with van der Waals surface area (Å²) in [5, 5.41) is 32.0. The molecule has 74 heavy (non-hydrogen) atoms. The molecule has 2 aromatic carbocycles. The number of hydrogen-bond donors (Lipinski definition) is 1. The highest BCUT2D eigenvalue weighted by atomic mass is 31.2. The number of likely N-dealkylation sites (N-methyl/N-ethyl adjacent to an activating group) is 1. The predicted molar refractivity (Wildman–Crippen MR) is 284 cm³/mol. The van der Waals surface area contributed by atoms with Gasteiger partial charge >= 0.3 is 9.05 Å². The molecule has 23 nitrogen and oxygen atoms in total. The van der Waals surface area contributed by atoms with Gasteiger partial charge in [-0.15, -0.1) is 5.10 Å². The van der Waals surface area contributed by atoms with Crippen LogP contribution in [0.2, 0.25) is 0 Å². The molecular weight excluding hydrogens is 990 g/mol. The number of methoxy groups -OCH3 is 1. The van der Waals surface area contributed by atoms with Crippen LogP contribution in [0.4, 0.5) is 28.6 Å². The van der Waals surface area contributed by atoms with E-state index in [2.05, 4.69) is 93.9 Å². The van der Waals surface area contributed by atoms with E-state index < -0.39 is 52.6 Å². The minimum atomic E-state index is -4.13. The zero-order valence-electron chi connectivity index (χ0n) is 45.5. The lowest BCUT2D eigenvalue weighted by molar-refractivity contribution is -0.384. The Labute approximate surface area is 437 Å². The summed E-state index contributed by atoms with van der Waals surface area (Å²) in [5.41, 5.74) is 2.74. The van der Waals surface area contributed by atoms with Gasteiger partial charge in [0.2, 0.25) is 0 Å². The normalized spacial score (nSPS) is 18.2. The molecule has 1 N–H and O–H groups in total. The first-order valence-electron chi connectivity index (χ1n) is 25.2. The van der Waals surface area contributed by atoms with Gasteiger partial charge in [-0.05, 0) is 118 Å². The molecule has 25 heteroatoms. The minimum absolute atomic E-state index is 0.00445. The van der Waals surface area contributed by atoms with Crippen molar-refractivity contribution in [3.05, 3.63) is 83.2 Å². The maximum absolute atomic E-state index is 11.0. The third-order valence-corrected chi connectivity index (χ3v) is 16.6. The number of anilines is 2. The number of imidazole rings is 1. The molecule has 1 aliphatic heterocycles. The van der Waals surface area contributed by atoms with Crippen molar-refractivity contribution in [1.29, 1.82) is 0 Å². The second kappa shape index (κ2) is 26.2. The maximum Gasteiger partial charge on any atom is 0.681 e. The molecule has 0 saturated carbocycles. The van der Waals surface area contributed by atoms with Crippen LogP contribution in [0.1, 0.15) is 102 Å². The Morgan fingerprint density at radius 1 is 0.905 bits per heavy atom. The highest BCUT2D eigenvalue weighted by molar-refractivity contribution is 7.44. The van der Waals surface area contributed by atoms with Crippen molar-refractivity contribution in [2.75, 3.05) is 50.7 Å². The molecule has 406 valence electrons. The number of nitrogens with zero attached hydrogens (tertiary/aromatic N) is 12. The topological polar surface area (TPSA) is 235 Å². The van der Waals surface area contributed by atoms with E-state index in [1.165, 1.54) is 18.5 Å². The van der Waals surface area contributed by atoms with Gasteiger partial charge in [-0.3, -0.25) is 19.4 Å². The maximum atomic E-state index is 11.0. The van der Waals surface area contributed by atoms with Gasteiger partial charge in [0, 0.05) is 76.0 Å². The average Bonchev–Trinajstić information content (AvgIpc) is 4.09. The van der Waals surface area contributed by atoms with Crippen LogP contribution in [0.15, 0.2) is 77.6 Å². The van der Waals surface area contributed by atoms with Crippen molar-refractivity contribution in [3.63, 3.8) is 0 Å². The van der Waals surface area contributed by atoms with Crippen LogP contribution in [0, 0.1) is 16.0 Å². The summed E-state index contributed by atoms with van der Waals surface area (Å²) in [4.78, 5) is 26.7. The first kappa shape index (κ1) is 58.3.